The van der Waals surface area contributed by atoms with Crippen LogP contribution < -0.4 is 5.32 Å². The zero-order valence-corrected chi connectivity index (χ0v) is 9.95. The third kappa shape index (κ3) is 1.45. The summed E-state index contributed by atoms with van der Waals surface area (Å²) in [5.41, 5.74) is 1.20. The molecule has 0 heterocycles. The van der Waals surface area contributed by atoms with E-state index in [0.717, 1.165) is 23.7 Å². The van der Waals surface area contributed by atoms with Crippen LogP contribution in [0.1, 0.15) is 32.1 Å². The molecule has 0 spiro atoms. The Bertz CT molecular complexity index is 322. The molecule has 2 nitrogen and oxygen atoms in total. The van der Waals surface area contributed by atoms with E-state index in [1.807, 2.05) is 7.05 Å². The molecule has 0 aromatic heterocycles. The first kappa shape index (κ1) is 10.2. The summed E-state index contributed by atoms with van der Waals surface area (Å²) in [6.45, 7) is 0. The van der Waals surface area contributed by atoms with Gasteiger partial charge in [-0.2, -0.15) is 5.26 Å². The van der Waals surface area contributed by atoms with Crippen LogP contribution in [0.5, 0.6) is 0 Å². The number of hydrogen-bond donors (Lipinski definition) is 1. The highest BCUT2D eigenvalue weighted by Crippen LogP contribution is 2.57. The van der Waals surface area contributed by atoms with Crippen molar-refractivity contribution in [3.63, 3.8) is 0 Å². The molecule has 0 saturated heterocycles. The fourth-order valence-corrected chi connectivity index (χ4v) is 4.84. The molecule has 0 aromatic carbocycles. The Balaban J connectivity index is 1.86. The fraction of sp³-hybridized carbons (Fsp3) is 0.786. The summed E-state index contributed by atoms with van der Waals surface area (Å²) >= 11 is 0. The summed E-state index contributed by atoms with van der Waals surface area (Å²) in [6, 6.07) is 2.20. The van der Waals surface area contributed by atoms with E-state index in [0.29, 0.717) is 5.92 Å². The minimum Gasteiger partial charge on any atom is -0.391 e. The van der Waals surface area contributed by atoms with Crippen molar-refractivity contribution in [1.82, 2.24) is 5.32 Å². The van der Waals surface area contributed by atoms with E-state index >= 15 is 0 Å². The van der Waals surface area contributed by atoms with Gasteiger partial charge in [-0.1, -0.05) is 0 Å². The van der Waals surface area contributed by atoms with Crippen molar-refractivity contribution < 1.29 is 0 Å². The number of hydrogen-bond acceptors (Lipinski definition) is 2. The van der Waals surface area contributed by atoms with Gasteiger partial charge in [0.15, 0.2) is 0 Å². The Kier molecular flexibility index (Phi) is 2.42. The molecule has 0 aromatic rings. The minimum absolute atomic E-state index is 0.664. The molecule has 4 bridgehead atoms. The normalized spacial score (nSPS) is 45.5. The van der Waals surface area contributed by atoms with E-state index in [1.165, 1.54) is 37.8 Å². The number of rotatable bonds is 2. The van der Waals surface area contributed by atoms with Gasteiger partial charge in [-0.25, -0.2) is 0 Å². The lowest BCUT2D eigenvalue weighted by Crippen LogP contribution is -2.47. The molecule has 4 aliphatic carbocycles. The van der Waals surface area contributed by atoms with Crippen molar-refractivity contribution in [2.24, 2.45) is 29.6 Å². The van der Waals surface area contributed by atoms with Crippen LogP contribution in [0.4, 0.5) is 0 Å². The second-order valence-corrected chi connectivity index (χ2v) is 5.94. The highest BCUT2D eigenvalue weighted by Gasteiger charge is 2.49. The molecule has 0 atom stereocenters. The lowest BCUT2D eigenvalue weighted by molar-refractivity contribution is -0.0228. The van der Waals surface area contributed by atoms with Gasteiger partial charge < -0.3 is 5.32 Å². The van der Waals surface area contributed by atoms with Gasteiger partial charge in [-0.3, -0.25) is 0 Å². The van der Waals surface area contributed by atoms with Crippen LogP contribution in [-0.4, -0.2) is 7.05 Å². The maximum Gasteiger partial charge on any atom is 0.0930 e. The summed E-state index contributed by atoms with van der Waals surface area (Å²) < 4.78 is 0. The number of nitrogens with zero attached hydrogens (tertiary/aromatic N) is 1. The summed E-state index contributed by atoms with van der Waals surface area (Å²) in [6.07, 6.45) is 8.91. The Morgan fingerprint density at radius 3 is 2.12 bits per heavy atom. The second kappa shape index (κ2) is 3.80. The predicted molar refractivity (Wildman–Crippen MR) is 63.3 cm³/mol. The highest BCUT2D eigenvalue weighted by atomic mass is 14.9. The highest BCUT2D eigenvalue weighted by molar-refractivity contribution is 5.19. The first-order chi connectivity index (χ1) is 7.81. The molecule has 4 rings (SSSR count). The van der Waals surface area contributed by atoms with Gasteiger partial charge in [0.1, 0.15) is 0 Å². The monoisotopic (exact) mass is 216 g/mol. The largest absolute Gasteiger partial charge is 0.391 e. The van der Waals surface area contributed by atoms with Crippen LogP contribution in [0.25, 0.3) is 0 Å². The Morgan fingerprint density at radius 1 is 1.12 bits per heavy atom. The predicted octanol–water partition coefficient (Wildman–Crippen LogP) is 2.69. The molecule has 0 amide bonds. The van der Waals surface area contributed by atoms with Gasteiger partial charge in [0.25, 0.3) is 0 Å². The summed E-state index contributed by atoms with van der Waals surface area (Å²) in [5, 5.41) is 12.1. The lowest BCUT2D eigenvalue weighted by atomic mass is 9.51. The molecule has 1 N–H and O–H groups in total. The lowest BCUT2D eigenvalue weighted by Gasteiger charge is -2.54. The molecule has 4 aliphatic rings. The molecule has 4 saturated carbocycles. The summed E-state index contributed by atoms with van der Waals surface area (Å²) in [7, 11) is 1.97. The topological polar surface area (TPSA) is 35.8 Å². The van der Waals surface area contributed by atoms with Gasteiger partial charge in [0.05, 0.1) is 6.07 Å². The molecule has 86 valence electrons. The van der Waals surface area contributed by atoms with Crippen molar-refractivity contribution in [2.75, 3.05) is 7.05 Å². The van der Waals surface area contributed by atoms with Gasteiger partial charge >= 0.3 is 0 Å². The molecule has 16 heavy (non-hydrogen) atoms. The van der Waals surface area contributed by atoms with Crippen LogP contribution in [0.2, 0.25) is 0 Å². The van der Waals surface area contributed by atoms with Crippen LogP contribution in [0, 0.1) is 40.9 Å². The van der Waals surface area contributed by atoms with Gasteiger partial charge in [-0.05, 0) is 55.8 Å². The zero-order chi connectivity index (χ0) is 11.1. The molecule has 2 heteroatoms. The van der Waals surface area contributed by atoms with Crippen LogP contribution in [0.15, 0.2) is 11.8 Å². The van der Waals surface area contributed by atoms with Crippen molar-refractivity contribution in [3.05, 3.63) is 11.8 Å². The Hall–Kier alpha value is -0.970. The van der Waals surface area contributed by atoms with E-state index in [9.17, 15) is 0 Å². The van der Waals surface area contributed by atoms with E-state index in [4.69, 9.17) is 5.26 Å². The smallest absolute Gasteiger partial charge is 0.0930 e. The molecule has 0 radical (unpaired) electrons. The van der Waals surface area contributed by atoms with E-state index in [2.05, 4.69) is 11.4 Å². The SMILES string of the molecule is CN/C(=C\C#N)C1C2CC3CC(C2)CC1C3. The Labute approximate surface area is 97.7 Å². The number of allylic oxidation sites excluding steroid dienone is 2. The maximum absolute atomic E-state index is 8.86. The van der Waals surface area contributed by atoms with Gasteiger partial charge in [0, 0.05) is 24.7 Å². The fourth-order valence-electron chi connectivity index (χ4n) is 4.84. The average Bonchev–Trinajstić information content (AvgIpc) is 2.26. The van der Waals surface area contributed by atoms with Crippen LogP contribution in [-0.2, 0) is 0 Å². The first-order valence-corrected chi connectivity index (χ1v) is 6.59. The quantitative estimate of drug-likeness (QED) is 0.720. The van der Waals surface area contributed by atoms with E-state index in [-0.39, 0.29) is 0 Å². The van der Waals surface area contributed by atoms with E-state index in [1.54, 1.807) is 6.08 Å². The average molecular weight is 216 g/mol. The number of nitrogens with one attached hydrogen (secondary N) is 1. The number of nitriles is 1. The van der Waals surface area contributed by atoms with E-state index < -0.39 is 0 Å². The first-order valence-electron chi connectivity index (χ1n) is 6.59. The standard InChI is InChI=1S/C14H20N2/c1-16-13(2-3-15)14-11-5-9-4-10(7-11)8-12(14)6-9/h2,9-12,14,16H,4-8H2,1H3/b13-2-. The van der Waals surface area contributed by atoms with Crippen molar-refractivity contribution in [3.8, 4) is 6.07 Å². The summed E-state index contributed by atoms with van der Waals surface area (Å²) in [5.74, 6) is 4.42. The van der Waals surface area contributed by atoms with Crippen LogP contribution >= 0.6 is 0 Å². The third-order valence-corrected chi connectivity index (χ3v) is 5.09. The molecular weight excluding hydrogens is 196 g/mol. The second-order valence-electron chi connectivity index (χ2n) is 5.94. The van der Waals surface area contributed by atoms with Crippen molar-refractivity contribution >= 4 is 0 Å². The summed E-state index contributed by atoms with van der Waals surface area (Å²) in [4.78, 5) is 0. The molecule has 0 aliphatic heterocycles. The van der Waals surface area contributed by atoms with Crippen molar-refractivity contribution in [2.45, 2.75) is 32.1 Å². The minimum atomic E-state index is 0.664. The molecule has 4 fully saturated rings. The van der Waals surface area contributed by atoms with Gasteiger partial charge in [0.2, 0.25) is 0 Å². The van der Waals surface area contributed by atoms with Crippen LogP contribution in [0.3, 0.4) is 0 Å². The molecular formula is C14H20N2. The zero-order valence-electron chi connectivity index (χ0n) is 9.95. The maximum atomic E-state index is 8.86. The third-order valence-electron chi connectivity index (χ3n) is 5.09. The van der Waals surface area contributed by atoms with Crippen molar-refractivity contribution in [1.29, 1.82) is 5.26 Å². The Morgan fingerprint density at radius 2 is 1.69 bits per heavy atom. The molecule has 0 unspecified atom stereocenters. The van der Waals surface area contributed by atoms with Gasteiger partial charge in [-0.15, -0.1) is 0 Å².